The first kappa shape index (κ1) is 26.9. The van der Waals surface area contributed by atoms with Crippen LogP contribution in [0.4, 0.5) is 0 Å². The van der Waals surface area contributed by atoms with Gasteiger partial charge in [-0.25, -0.2) is 0 Å². The first-order valence-electron chi connectivity index (χ1n) is 13.4. The summed E-state index contributed by atoms with van der Waals surface area (Å²) in [5, 5.41) is 0. The number of hydrogen-bond donors (Lipinski definition) is 0. The number of pyridine rings is 2. The van der Waals surface area contributed by atoms with Gasteiger partial charge in [-0.3, -0.25) is 9.97 Å². The maximum Gasteiger partial charge on any atom is 2.00 e. The number of ether oxygens (including phenoxy) is 1. The zero-order valence-electron chi connectivity index (χ0n) is 22.7. The molecule has 200 valence electrons. The second-order valence-corrected chi connectivity index (χ2v) is 10.2. The fourth-order valence-electron chi connectivity index (χ4n) is 5.72. The van der Waals surface area contributed by atoms with Gasteiger partial charge in [-0.2, -0.15) is 0 Å². The summed E-state index contributed by atoms with van der Waals surface area (Å²) >= 11 is 0. The van der Waals surface area contributed by atoms with Gasteiger partial charge in [0, 0.05) is 11.1 Å². The Bertz CT molecular complexity index is 1740. The SMILES string of the molecule is Cc1cc[c-]c(-c2cccc(C3(c4cccc(-c5[c-]ccc(C)c5)n4)c4ccccc4Oc4ccccc43)n2)c1.[Pt+2]. The van der Waals surface area contributed by atoms with Crippen LogP contribution < -0.4 is 4.74 Å². The summed E-state index contributed by atoms with van der Waals surface area (Å²) in [7, 11) is 0. The van der Waals surface area contributed by atoms with Crippen LogP contribution in [0.1, 0.15) is 33.6 Å². The molecule has 0 radical (unpaired) electrons. The summed E-state index contributed by atoms with van der Waals surface area (Å²) in [6, 6.07) is 47.9. The summed E-state index contributed by atoms with van der Waals surface area (Å²) in [5.74, 6) is 1.59. The molecule has 6 aromatic rings. The van der Waals surface area contributed by atoms with Crippen molar-refractivity contribution >= 4 is 0 Å². The summed E-state index contributed by atoms with van der Waals surface area (Å²) < 4.78 is 6.47. The van der Waals surface area contributed by atoms with Crippen molar-refractivity contribution in [2.24, 2.45) is 0 Å². The quantitative estimate of drug-likeness (QED) is 0.172. The van der Waals surface area contributed by atoms with Crippen molar-refractivity contribution < 1.29 is 25.8 Å². The van der Waals surface area contributed by atoms with E-state index >= 15 is 0 Å². The fraction of sp³-hybridized carbons (Fsp3) is 0.0811. The van der Waals surface area contributed by atoms with E-state index in [-0.39, 0.29) is 21.1 Å². The van der Waals surface area contributed by atoms with Crippen molar-refractivity contribution in [3.8, 4) is 34.0 Å². The molecule has 2 aromatic heterocycles. The van der Waals surface area contributed by atoms with Crippen LogP contribution in [0.3, 0.4) is 0 Å². The first-order chi connectivity index (χ1) is 19.6. The van der Waals surface area contributed by atoms with Crippen molar-refractivity contribution in [1.82, 2.24) is 9.97 Å². The van der Waals surface area contributed by atoms with E-state index < -0.39 is 5.41 Å². The third kappa shape index (κ3) is 4.61. The monoisotopic (exact) mass is 709 g/mol. The number of fused-ring (bicyclic) bond motifs is 2. The molecule has 1 aliphatic rings. The number of hydrogen-bond acceptors (Lipinski definition) is 3. The van der Waals surface area contributed by atoms with Gasteiger partial charge in [0.05, 0.1) is 11.4 Å². The second-order valence-electron chi connectivity index (χ2n) is 10.2. The molecule has 0 bridgehead atoms. The smallest absolute Gasteiger partial charge is 0.457 e. The average Bonchev–Trinajstić information content (AvgIpc) is 3.00. The van der Waals surface area contributed by atoms with Gasteiger partial charge in [-0.1, -0.05) is 74.5 Å². The molecule has 41 heavy (non-hydrogen) atoms. The number of benzene rings is 4. The molecule has 4 heteroatoms. The first-order valence-corrected chi connectivity index (χ1v) is 13.4. The minimum Gasteiger partial charge on any atom is -0.457 e. The largest absolute Gasteiger partial charge is 2.00 e. The number of aryl methyl sites for hydroxylation is 2. The maximum absolute atomic E-state index is 6.47. The van der Waals surface area contributed by atoms with Crippen molar-refractivity contribution in [3.05, 3.63) is 167 Å². The Hall–Kier alpha value is -4.33. The van der Waals surface area contributed by atoms with E-state index in [2.05, 4.69) is 98.8 Å². The van der Waals surface area contributed by atoms with Crippen LogP contribution in [0.2, 0.25) is 0 Å². The van der Waals surface area contributed by atoms with Crippen molar-refractivity contribution in [2.75, 3.05) is 0 Å². The standard InChI is InChI=1S/C37H26N2O.Pt/c1-25-11-7-13-27(23-25)31-17-9-21-35(38-31)37(36-22-10-18-32(39-36)28-14-8-12-26(2)24-28)29-15-3-5-19-33(29)40-34-20-6-4-16-30(34)37;/h3-12,15-24H,1-2H3;/q-2;+2. The predicted octanol–water partition coefficient (Wildman–Crippen LogP) is 8.51. The molecule has 3 heterocycles. The van der Waals surface area contributed by atoms with Gasteiger partial charge < -0.3 is 4.74 Å². The van der Waals surface area contributed by atoms with E-state index in [1.807, 2.05) is 48.5 Å². The Morgan fingerprint density at radius 3 is 1.49 bits per heavy atom. The molecule has 0 N–H and O–H groups in total. The van der Waals surface area contributed by atoms with Crippen LogP contribution in [0.25, 0.3) is 22.5 Å². The van der Waals surface area contributed by atoms with E-state index in [1.54, 1.807) is 0 Å². The van der Waals surface area contributed by atoms with Gasteiger partial charge >= 0.3 is 21.1 Å². The van der Waals surface area contributed by atoms with Gasteiger partial charge in [0.15, 0.2) is 0 Å². The molecular formula is C37H26N2OPt. The molecule has 3 nitrogen and oxygen atoms in total. The topological polar surface area (TPSA) is 35.0 Å². The van der Waals surface area contributed by atoms with E-state index in [4.69, 9.17) is 14.7 Å². The predicted molar refractivity (Wildman–Crippen MR) is 158 cm³/mol. The van der Waals surface area contributed by atoms with E-state index in [0.717, 1.165) is 56.5 Å². The summed E-state index contributed by atoms with van der Waals surface area (Å²) in [6.45, 7) is 4.18. The molecule has 0 fully saturated rings. The van der Waals surface area contributed by atoms with Gasteiger partial charge in [0.2, 0.25) is 0 Å². The van der Waals surface area contributed by atoms with Crippen LogP contribution in [0.5, 0.6) is 11.5 Å². The summed E-state index contributed by atoms with van der Waals surface area (Å²) in [6.07, 6.45) is 0. The summed E-state index contributed by atoms with van der Waals surface area (Å²) in [4.78, 5) is 10.7. The van der Waals surface area contributed by atoms with E-state index in [1.165, 1.54) is 11.1 Å². The Morgan fingerprint density at radius 1 is 0.561 bits per heavy atom. The van der Waals surface area contributed by atoms with Crippen LogP contribution in [-0.2, 0) is 26.5 Å². The van der Waals surface area contributed by atoms with Gasteiger partial charge in [-0.05, 0) is 35.7 Å². The molecule has 0 saturated carbocycles. The zero-order valence-corrected chi connectivity index (χ0v) is 24.9. The number of aromatic nitrogens is 2. The minimum atomic E-state index is -0.814. The zero-order chi connectivity index (χ0) is 27.1. The molecule has 0 atom stereocenters. The normalized spacial score (nSPS) is 12.8. The third-order valence-corrected chi connectivity index (χ3v) is 7.53. The van der Waals surface area contributed by atoms with E-state index in [0.29, 0.717) is 0 Å². The Labute approximate surface area is 255 Å². The molecule has 1 aliphatic heterocycles. The average molecular weight is 710 g/mol. The van der Waals surface area contributed by atoms with Crippen LogP contribution in [-0.4, -0.2) is 9.97 Å². The maximum atomic E-state index is 6.47. The van der Waals surface area contributed by atoms with Crippen molar-refractivity contribution in [2.45, 2.75) is 19.3 Å². The molecule has 0 aliphatic carbocycles. The third-order valence-electron chi connectivity index (χ3n) is 7.53. The number of rotatable bonds is 4. The molecule has 7 rings (SSSR count). The molecule has 4 aromatic carbocycles. The number of para-hydroxylation sites is 2. The molecular weight excluding hydrogens is 683 g/mol. The second kappa shape index (κ2) is 10.9. The van der Waals surface area contributed by atoms with Gasteiger partial charge in [0.25, 0.3) is 0 Å². The van der Waals surface area contributed by atoms with Gasteiger partial charge in [-0.15, -0.1) is 70.8 Å². The van der Waals surface area contributed by atoms with Crippen LogP contribution in [0.15, 0.2) is 121 Å². The Morgan fingerprint density at radius 2 is 1.02 bits per heavy atom. The van der Waals surface area contributed by atoms with E-state index in [9.17, 15) is 0 Å². The Kier molecular flexibility index (Phi) is 7.15. The number of nitrogens with zero attached hydrogens (tertiary/aromatic N) is 2. The molecule has 0 amide bonds. The van der Waals surface area contributed by atoms with Crippen molar-refractivity contribution in [3.63, 3.8) is 0 Å². The molecule has 0 spiro atoms. The molecule has 0 unspecified atom stereocenters. The van der Waals surface area contributed by atoms with Crippen molar-refractivity contribution in [1.29, 1.82) is 0 Å². The van der Waals surface area contributed by atoms with Gasteiger partial charge in [0.1, 0.15) is 16.9 Å². The minimum absolute atomic E-state index is 0. The van der Waals surface area contributed by atoms with Crippen LogP contribution in [0, 0.1) is 26.0 Å². The fourth-order valence-corrected chi connectivity index (χ4v) is 5.72. The summed E-state index contributed by atoms with van der Waals surface area (Å²) in [5.41, 5.74) is 8.93. The van der Waals surface area contributed by atoms with Crippen LogP contribution >= 0.6 is 0 Å². The Balaban J connectivity index is 0.00000302. The molecule has 0 saturated heterocycles.